The third-order valence-corrected chi connectivity index (χ3v) is 4.04. The minimum atomic E-state index is -0.576. The molecule has 0 N–H and O–H groups in total. The Balaban J connectivity index is 1.92. The maximum absolute atomic E-state index is 12.6. The molecule has 0 aliphatic carbocycles. The normalized spacial score (nSPS) is 10.6. The summed E-state index contributed by atoms with van der Waals surface area (Å²) < 4.78 is 12.3. The van der Waals surface area contributed by atoms with E-state index >= 15 is 0 Å². The zero-order valence-electron chi connectivity index (χ0n) is 14.0. The lowest BCUT2D eigenvalue weighted by Crippen LogP contribution is -2.27. The van der Waals surface area contributed by atoms with E-state index in [1.807, 2.05) is 0 Å². The van der Waals surface area contributed by atoms with Crippen LogP contribution in [0.5, 0.6) is 11.5 Å². The van der Waals surface area contributed by atoms with Crippen molar-refractivity contribution in [2.45, 2.75) is 6.54 Å². The van der Waals surface area contributed by atoms with Crippen molar-refractivity contribution in [2.24, 2.45) is 0 Å². The predicted molar refractivity (Wildman–Crippen MR) is 94.5 cm³/mol. The van der Waals surface area contributed by atoms with Crippen LogP contribution in [-0.4, -0.2) is 39.8 Å². The molecule has 0 bridgehead atoms. The van der Waals surface area contributed by atoms with Crippen molar-refractivity contribution in [2.75, 3.05) is 14.2 Å². The summed E-state index contributed by atoms with van der Waals surface area (Å²) >= 11 is 6.08. The summed E-state index contributed by atoms with van der Waals surface area (Å²) in [6.07, 6.45) is 0. The number of Topliss-reactive ketones (excluding diaryl/α,β-unsaturated/α-hetero) is 1. The van der Waals surface area contributed by atoms with Crippen LogP contribution < -0.4 is 15.2 Å². The zero-order valence-corrected chi connectivity index (χ0v) is 14.8. The van der Waals surface area contributed by atoms with Gasteiger partial charge in [-0.25, -0.2) is 4.79 Å². The van der Waals surface area contributed by atoms with E-state index in [1.54, 1.807) is 42.5 Å². The van der Waals surface area contributed by atoms with Crippen molar-refractivity contribution in [3.8, 4) is 17.2 Å². The topological polar surface area (TPSA) is 88.2 Å². The number of methoxy groups -OCH3 is 2. The first-order valence-corrected chi connectivity index (χ1v) is 7.96. The molecule has 0 spiro atoms. The van der Waals surface area contributed by atoms with Gasteiger partial charge in [-0.05, 0) is 40.8 Å². The number of tetrazole rings is 1. The fourth-order valence-corrected chi connectivity index (χ4v) is 2.62. The van der Waals surface area contributed by atoms with Crippen LogP contribution in [0, 0.1) is 0 Å². The molecule has 0 unspecified atom stereocenters. The second kappa shape index (κ2) is 7.40. The molecule has 0 aliphatic heterocycles. The number of aromatic nitrogens is 4. The van der Waals surface area contributed by atoms with Gasteiger partial charge in [0.15, 0.2) is 5.78 Å². The number of ether oxygens (including phenoxy) is 2. The first-order valence-electron chi connectivity index (χ1n) is 7.58. The largest absolute Gasteiger partial charge is 0.497 e. The van der Waals surface area contributed by atoms with Crippen LogP contribution in [0.1, 0.15) is 10.4 Å². The van der Waals surface area contributed by atoms with Crippen LogP contribution in [0.2, 0.25) is 5.02 Å². The van der Waals surface area contributed by atoms with Crippen molar-refractivity contribution in [1.29, 1.82) is 0 Å². The van der Waals surface area contributed by atoms with Crippen LogP contribution in [0.15, 0.2) is 47.3 Å². The minimum Gasteiger partial charge on any atom is -0.497 e. The molecular formula is C17H15ClN4O4. The van der Waals surface area contributed by atoms with Gasteiger partial charge in [-0.2, -0.15) is 9.36 Å². The number of carbonyl (C=O) groups excluding carboxylic acids is 1. The third-order valence-electron chi connectivity index (χ3n) is 3.72. The number of ketones is 1. The van der Waals surface area contributed by atoms with Crippen molar-refractivity contribution in [3.63, 3.8) is 0 Å². The maximum Gasteiger partial charge on any atom is 0.368 e. The maximum atomic E-state index is 12.6. The Morgan fingerprint density at radius 1 is 1.12 bits per heavy atom. The fourth-order valence-electron chi connectivity index (χ4n) is 2.40. The summed E-state index contributed by atoms with van der Waals surface area (Å²) in [5.74, 6) is 0.512. The third kappa shape index (κ3) is 3.31. The van der Waals surface area contributed by atoms with Gasteiger partial charge in [-0.1, -0.05) is 23.7 Å². The molecule has 26 heavy (non-hydrogen) atoms. The summed E-state index contributed by atoms with van der Waals surface area (Å²) in [7, 11) is 2.95. The SMILES string of the molecule is COc1ccc(OC)c(C(=O)Cn2nnn(-c3ccccc3Cl)c2=O)c1. The molecule has 2 aromatic carbocycles. The van der Waals surface area contributed by atoms with Crippen LogP contribution in [0.25, 0.3) is 5.69 Å². The zero-order chi connectivity index (χ0) is 18.7. The monoisotopic (exact) mass is 374 g/mol. The number of benzene rings is 2. The molecular weight excluding hydrogens is 360 g/mol. The Morgan fingerprint density at radius 3 is 2.58 bits per heavy atom. The number of halogens is 1. The summed E-state index contributed by atoms with van der Waals surface area (Å²) in [5, 5.41) is 7.91. The van der Waals surface area contributed by atoms with Crippen LogP contribution >= 0.6 is 11.6 Å². The molecule has 9 heteroatoms. The van der Waals surface area contributed by atoms with E-state index in [1.165, 1.54) is 14.2 Å². The Bertz CT molecular complexity index is 1010. The van der Waals surface area contributed by atoms with E-state index in [0.29, 0.717) is 22.2 Å². The van der Waals surface area contributed by atoms with Crippen molar-refractivity contribution >= 4 is 17.4 Å². The molecule has 0 aliphatic rings. The molecule has 3 rings (SSSR count). The molecule has 1 aromatic heterocycles. The number of hydrogen-bond donors (Lipinski definition) is 0. The van der Waals surface area contributed by atoms with Gasteiger partial charge < -0.3 is 9.47 Å². The highest BCUT2D eigenvalue weighted by molar-refractivity contribution is 6.32. The average molecular weight is 375 g/mol. The molecule has 0 radical (unpaired) electrons. The fraction of sp³-hybridized carbons (Fsp3) is 0.176. The van der Waals surface area contributed by atoms with E-state index in [9.17, 15) is 9.59 Å². The Hall–Kier alpha value is -3.13. The minimum absolute atomic E-state index is 0.283. The first-order chi connectivity index (χ1) is 12.5. The molecule has 1 heterocycles. The molecule has 0 atom stereocenters. The molecule has 8 nitrogen and oxygen atoms in total. The highest BCUT2D eigenvalue weighted by atomic mass is 35.5. The van der Waals surface area contributed by atoms with E-state index < -0.39 is 5.69 Å². The Morgan fingerprint density at radius 2 is 1.88 bits per heavy atom. The van der Waals surface area contributed by atoms with Gasteiger partial charge >= 0.3 is 5.69 Å². The van der Waals surface area contributed by atoms with E-state index in [4.69, 9.17) is 21.1 Å². The van der Waals surface area contributed by atoms with E-state index in [-0.39, 0.29) is 17.9 Å². The summed E-state index contributed by atoms with van der Waals surface area (Å²) in [5.41, 5.74) is 0.0937. The Kier molecular flexibility index (Phi) is 5.04. The predicted octanol–water partition coefficient (Wildman–Crippen LogP) is 1.98. The lowest BCUT2D eigenvalue weighted by atomic mass is 10.1. The molecule has 0 saturated heterocycles. The lowest BCUT2D eigenvalue weighted by molar-refractivity contribution is 0.0962. The summed E-state index contributed by atoms with van der Waals surface area (Å²) in [6, 6.07) is 11.6. The van der Waals surface area contributed by atoms with Crippen molar-refractivity contribution in [3.05, 3.63) is 63.5 Å². The standard InChI is InChI=1S/C17H15ClN4O4/c1-25-11-7-8-16(26-2)12(9-11)15(23)10-21-17(24)22(20-19-21)14-6-4-3-5-13(14)18/h3-9H,10H2,1-2H3. The second-order valence-corrected chi connectivity index (χ2v) is 5.68. The molecule has 0 fully saturated rings. The number of para-hydroxylation sites is 1. The summed E-state index contributed by atoms with van der Waals surface area (Å²) in [4.78, 5) is 25.1. The van der Waals surface area contributed by atoms with E-state index in [2.05, 4.69) is 10.4 Å². The highest BCUT2D eigenvalue weighted by Gasteiger charge is 2.18. The van der Waals surface area contributed by atoms with Crippen LogP contribution in [-0.2, 0) is 6.54 Å². The number of carbonyl (C=O) groups is 1. The van der Waals surface area contributed by atoms with Crippen molar-refractivity contribution in [1.82, 2.24) is 19.8 Å². The van der Waals surface area contributed by atoms with Crippen molar-refractivity contribution < 1.29 is 14.3 Å². The smallest absolute Gasteiger partial charge is 0.368 e. The number of rotatable bonds is 6. The summed E-state index contributed by atoms with van der Waals surface area (Å²) in [6.45, 7) is -0.299. The lowest BCUT2D eigenvalue weighted by Gasteiger charge is -2.09. The molecule has 0 amide bonds. The highest BCUT2D eigenvalue weighted by Crippen LogP contribution is 2.24. The first kappa shape index (κ1) is 17.7. The van der Waals surface area contributed by atoms with Gasteiger partial charge in [0, 0.05) is 0 Å². The molecule has 0 saturated carbocycles. The Labute approximate surface area is 153 Å². The second-order valence-electron chi connectivity index (χ2n) is 5.27. The van der Waals surface area contributed by atoms with Gasteiger partial charge in [0.1, 0.15) is 18.0 Å². The van der Waals surface area contributed by atoms with Gasteiger partial charge in [0.25, 0.3) is 0 Å². The van der Waals surface area contributed by atoms with Gasteiger partial charge in [0.05, 0.1) is 30.5 Å². The van der Waals surface area contributed by atoms with Crippen LogP contribution in [0.4, 0.5) is 0 Å². The molecule has 3 aromatic rings. The number of hydrogen-bond acceptors (Lipinski definition) is 6. The van der Waals surface area contributed by atoms with Gasteiger partial charge in [-0.3, -0.25) is 4.79 Å². The quantitative estimate of drug-likeness (QED) is 0.613. The molecule has 134 valence electrons. The van der Waals surface area contributed by atoms with E-state index in [0.717, 1.165) is 9.36 Å². The van der Waals surface area contributed by atoms with Gasteiger partial charge in [-0.15, -0.1) is 0 Å². The van der Waals surface area contributed by atoms with Crippen LogP contribution in [0.3, 0.4) is 0 Å². The number of nitrogens with zero attached hydrogens (tertiary/aromatic N) is 4. The van der Waals surface area contributed by atoms with Gasteiger partial charge in [0.2, 0.25) is 0 Å². The average Bonchev–Trinajstić information content (AvgIpc) is 3.01.